The second-order valence-corrected chi connectivity index (χ2v) is 4.83. The van der Waals surface area contributed by atoms with Crippen molar-refractivity contribution in [1.29, 1.82) is 0 Å². The van der Waals surface area contributed by atoms with E-state index in [0.29, 0.717) is 11.5 Å². The Labute approximate surface area is 94.1 Å². The summed E-state index contributed by atoms with van der Waals surface area (Å²) in [6.45, 7) is 2.14. The maximum atomic E-state index is 13.0. The number of halogens is 2. The summed E-state index contributed by atoms with van der Waals surface area (Å²) in [4.78, 5) is 0. The van der Waals surface area contributed by atoms with E-state index in [4.69, 9.17) is 0 Å². The molecule has 0 heterocycles. The van der Waals surface area contributed by atoms with E-state index in [1.807, 2.05) is 0 Å². The van der Waals surface area contributed by atoms with Crippen molar-refractivity contribution in [2.75, 3.05) is 0 Å². The molecule has 0 aliphatic heterocycles. The van der Waals surface area contributed by atoms with Gasteiger partial charge in [-0.1, -0.05) is 13.3 Å². The molecule has 16 heavy (non-hydrogen) atoms. The van der Waals surface area contributed by atoms with Crippen molar-refractivity contribution in [2.45, 2.75) is 32.3 Å². The fourth-order valence-corrected chi connectivity index (χ4v) is 2.56. The zero-order chi connectivity index (χ0) is 11.7. The van der Waals surface area contributed by atoms with Crippen LogP contribution in [0.4, 0.5) is 8.78 Å². The van der Waals surface area contributed by atoms with Gasteiger partial charge < -0.3 is 5.11 Å². The van der Waals surface area contributed by atoms with Crippen molar-refractivity contribution in [3.8, 4) is 0 Å². The van der Waals surface area contributed by atoms with Crippen LogP contribution in [0.1, 0.15) is 37.9 Å². The molecule has 0 bridgehead atoms. The molecule has 1 N–H and O–H groups in total. The van der Waals surface area contributed by atoms with Crippen molar-refractivity contribution in [3.63, 3.8) is 0 Å². The third kappa shape index (κ3) is 2.40. The van der Waals surface area contributed by atoms with E-state index in [1.54, 1.807) is 0 Å². The lowest BCUT2D eigenvalue weighted by Crippen LogP contribution is -2.10. The minimum absolute atomic E-state index is 0.135. The zero-order valence-corrected chi connectivity index (χ0v) is 9.29. The van der Waals surface area contributed by atoms with E-state index in [0.717, 1.165) is 25.3 Å². The topological polar surface area (TPSA) is 20.2 Å². The molecule has 0 aromatic heterocycles. The molecule has 1 fully saturated rings. The number of aliphatic hydroxyl groups excluding tert-OH is 1. The predicted octanol–water partition coefficient (Wildman–Crippen LogP) is 3.43. The quantitative estimate of drug-likeness (QED) is 0.819. The first-order valence-corrected chi connectivity index (χ1v) is 5.70. The van der Waals surface area contributed by atoms with Gasteiger partial charge in [0, 0.05) is 6.07 Å². The summed E-state index contributed by atoms with van der Waals surface area (Å²) in [6, 6.07) is 3.26. The third-order valence-electron chi connectivity index (χ3n) is 3.41. The molecular weight excluding hydrogens is 210 g/mol. The first kappa shape index (κ1) is 11.5. The maximum Gasteiger partial charge on any atom is 0.126 e. The summed E-state index contributed by atoms with van der Waals surface area (Å²) >= 11 is 0. The average molecular weight is 226 g/mol. The molecule has 0 radical (unpaired) electrons. The molecule has 1 saturated carbocycles. The Morgan fingerprint density at radius 3 is 2.31 bits per heavy atom. The molecule has 1 aliphatic carbocycles. The van der Waals surface area contributed by atoms with Crippen molar-refractivity contribution in [2.24, 2.45) is 11.8 Å². The van der Waals surface area contributed by atoms with Crippen molar-refractivity contribution in [3.05, 3.63) is 35.4 Å². The lowest BCUT2D eigenvalue weighted by atomic mass is 9.93. The van der Waals surface area contributed by atoms with Crippen LogP contribution in [0.2, 0.25) is 0 Å². The molecule has 1 nitrogen and oxygen atoms in total. The lowest BCUT2D eigenvalue weighted by molar-refractivity contribution is 0.109. The first-order valence-electron chi connectivity index (χ1n) is 5.70. The largest absolute Gasteiger partial charge is 0.388 e. The van der Waals surface area contributed by atoms with Crippen LogP contribution in [0.15, 0.2) is 18.2 Å². The van der Waals surface area contributed by atoms with Crippen LogP contribution in [0.5, 0.6) is 0 Å². The Morgan fingerprint density at radius 1 is 1.19 bits per heavy atom. The highest BCUT2D eigenvalue weighted by Crippen LogP contribution is 2.38. The van der Waals surface area contributed by atoms with Gasteiger partial charge in [-0.2, -0.15) is 0 Å². The molecule has 1 aromatic rings. The average Bonchev–Trinajstić information content (AvgIpc) is 2.62. The van der Waals surface area contributed by atoms with Gasteiger partial charge in [0.05, 0.1) is 6.10 Å². The summed E-state index contributed by atoms with van der Waals surface area (Å²) in [5.41, 5.74) is 0.358. The lowest BCUT2D eigenvalue weighted by Gasteiger charge is -2.18. The Morgan fingerprint density at radius 2 is 1.81 bits per heavy atom. The van der Waals surface area contributed by atoms with Crippen LogP contribution in [0.3, 0.4) is 0 Å². The Hall–Kier alpha value is -0.960. The van der Waals surface area contributed by atoms with Crippen LogP contribution in [0, 0.1) is 23.5 Å². The normalized spacial score (nSPS) is 27.0. The van der Waals surface area contributed by atoms with E-state index >= 15 is 0 Å². The van der Waals surface area contributed by atoms with Gasteiger partial charge in [0.25, 0.3) is 0 Å². The second kappa shape index (κ2) is 4.50. The van der Waals surface area contributed by atoms with E-state index in [9.17, 15) is 13.9 Å². The van der Waals surface area contributed by atoms with Crippen LogP contribution in [0.25, 0.3) is 0 Å². The zero-order valence-electron chi connectivity index (χ0n) is 9.29. The molecule has 3 atom stereocenters. The van der Waals surface area contributed by atoms with E-state index in [1.165, 1.54) is 12.1 Å². The Balaban J connectivity index is 2.17. The summed E-state index contributed by atoms with van der Waals surface area (Å²) in [7, 11) is 0. The predicted molar refractivity (Wildman–Crippen MR) is 57.8 cm³/mol. The van der Waals surface area contributed by atoms with Crippen molar-refractivity contribution >= 4 is 0 Å². The molecular formula is C13H16F2O. The molecule has 2 rings (SSSR count). The van der Waals surface area contributed by atoms with E-state index in [-0.39, 0.29) is 5.92 Å². The molecule has 0 amide bonds. The third-order valence-corrected chi connectivity index (χ3v) is 3.41. The Bertz CT molecular complexity index is 358. The van der Waals surface area contributed by atoms with E-state index in [2.05, 4.69) is 6.92 Å². The summed E-state index contributed by atoms with van der Waals surface area (Å²) in [6.07, 6.45) is 2.20. The fraction of sp³-hybridized carbons (Fsp3) is 0.538. The first-order chi connectivity index (χ1) is 7.56. The van der Waals surface area contributed by atoms with Crippen molar-refractivity contribution < 1.29 is 13.9 Å². The molecule has 3 heteroatoms. The summed E-state index contributed by atoms with van der Waals surface area (Å²) < 4.78 is 26.0. The minimum atomic E-state index is -0.741. The van der Waals surface area contributed by atoms with Crippen LogP contribution in [-0.4, -0.2) is 5.11 Å². The summed E-state index contributed by atoms with van der Waals surface area (Å²) in [5.74, 6) is -0.519. The molecule has 1 aromatic carbocycles. The minimum Gasteiger partial charge on any atom is -0.388 e. The highest BCUT2D eigenvalue weighted by Gasteiger charge is 2.28. The van der Waals surface area contributed by atoms with Gasteiger partial charge in [-0.25, -0.2) is 8.78 Å². The second-order valence-electron chi connectivity index (χ2n) is 4.83. The Kier molecular flexibility index (Phi) is 3.24. The SMILES string of the molecule is CC1CCC(C(O)c2cc(F)cc(F)c2)C1. The van der Waals surface area contributed by atoms with Crippen LogP contribution < -0.4 is 0 Å². The van der Waals surface area contributed by atoms with Gasteiger partial charge in [0.2, 0.25) is 0 Å². The molecule has 3 unspecified atom stereocenters. The van der Waals surface area contributed by atoms with Gasteiger partial charge in [-0.15, -0.1) is 0 Å². The molecule has 1 aliphatic rings. The molecule has 88 valence electrons. The van der Waals surface area contributed by atoms with E-state index < -0.39 is 17.7 Å². The van der Waals surface area contributed by atoms with Gasteiger partial charge in [-0.05, 0) is 42.4 Å². The van der Waals surface area contributed by atoms with Crippen LogP contribution in [-0.2, 0) is 0 Å². The molecule has 0 spiro atoms. The fourth-order valence-electron chi connectivity index (χ4n) is 2.56. The van der Waals surface area contributed by atoms with Crippen LogP contribution >= 0.6 is 0 Å². The number of aliphatic hydroxyl groups is 1. The molecule has 0 saturated heterocycles. The smallest absolute Gasteiger partial charge is 0.126 e. The number of hydrogen-bond donors (Lipinski definition) is 1. The summed E-state index contributed by atoms with van der Waals surface area (Å²) in [5, 5.41) is 10.1. The van der Waals surface area contributed by atoms with Gasteiger partial charge in [0.15, 0.2) is 0 Å². The number of benzene rings is 1. The highest BCUT2D eigenvalue weighted by atomic mass is 19.1. The maximum absolute atomic E-state index is 13.0. The number of rotatable bonds is 2. The van der Waals surface area contributed by atoms with Crippen molar-refractivity contribution in [1.82, 2.24) is 0 Å². The van der Waals surface area contributed by atoms with Gasteiger partial charge in [-0.3, -0.25) is 0 Å². The standard InChI is InChI=1S/C13H16F2O/c1-8-2-3-9(4-8)13(16)10-5-11(14)7-12(15)6-10/h5-9,13,16H,2-4H2,1H3. The number of hydrogen-bond acceptors (Lipinski definition) is 1. The monoisotopic (exact) mass is 226 g/mol. The highest BCUT2D eigenvalue weighted by molar-refractivity contribution is 5.21. The van der Waals surface area contributed by atoms with Gasteiger partial charge in [0.1, 0.15) is 11.6 Å². The van der Waals surface area contributed by atoms with Gasteiger partial charge >= 0.3 is 0 Å².